The highest BCUT2D eigenvalue weighted by molar-refractivity contribution is 7.87. The van der Waals surface area contributed by atoms with Gasteiger partial charge in [0.15, 0.2) is 0 Å². The fourth-order valence-electron chi connectivity index (χ4n) is 0.443. The van der Waals surface area contributed by atoms with Gasteiger partial charge in [-0.25, -0.2) is 9.59 Å². The average Bonchev–Trinajstić information content (AvgIpc) is 2.12. The Bertz CT molecular complexity index is 464. The van der Waals surface area contributed by atoms with E-state index in [9.17, 15) is 26.4 Å². The molecule has 17 heavy (non-hydrogen) atoms. The van der Waals surface area contributed by atoms with Gasteiger partial charge in [0.25, 0.3) is 10.9 Å². The number of hydrogen-bond acceptors (Lipinski definition) is 9. The summed E-state index contributed by atoms with van der Waals surface area (Å²) >= 11 is 0. The van der Waals surface area contributed by atoms with Crippen LogP contribution in [0.15, 0.2) is 0 Å². The molecule has 0 aromatic carbocycles. The first-order valence-corrected chi connectivity index (χ1v) is 6.42. The maximum atomic E-state index is 10.6. The maximum absolute atomic E-state index is 10.6. The molecule has 0 aliphatic rings. The van der Waals surface area contributed by atoms with Crippen LogP contribution in [0.5, 0.6) is 0 Å². The number of aliphatic hydroxyl groups is 2. The van der Waals surface area contributed by atoms with Crippen molar-refractivity contribution < 1.29 is 50.5 Å². The van der Waals surface area contributed by atoms with Crippen molar-refractivity contribution in [3.8, 4) is 0 Å². The van der Waals surface area contributed by atoms with Gasteiger partial charge in [-0.2, -0.15) is 16.8 Å². The van der Waals surface area contributed by atoms with Gasteiger partial charge in [-0.3, -0.25) is 9.11 Å². The predicted octanol–water partition coefficient (Wildman–Crippen LogP) is -3.53. The summed E-state index contributed by atoms with van der Waals surface area (Å²) in [5, 5.41) is 17.1. The predicted molar refractivity (Wildman–Crippen MR) is 46.2 cm³/mol. The lowest BCUT2D eigenvalue weighted by Crippen LogP contribution is -2.38. The van der Waals surface area contributed by atoms with Gasteiger partial charge in [-0.1, -0.05) is 0 Å². The van der Waals surface area contributed by atoms with E-state index >= 15 is 0 Å². The van der Waals surface area contributed by atoms with Crippen LogP contribution in [0.4, 0.5) is 0 Å². The normalized spacial score (nSPS) is 16.0. The van der Waals surface area contributed by atoms with Crippen molar-refractivity contribution in [3.63, 3.8) is 0 Å². The average molecular weight is 294 g/mol. The largest absolute Gasteiger partial charge is 0.388 e. The molecule has 2 unspecified atom stereocenters. The molecule has 0 aliphatic carbocycles. The molecule has 0 aliphatic heterocycles. The quantitative estimate of drug-likeness (QED) is 0.228. The zero-order valence-corrected chi connectivity index (χ0v) is 9.25. The Morgan fingerprint density at radius 1 is 0.824 bits per heavy atom. The van der Waals surface area contributed by atoms with Crippen molar-refractivity contribution >= 4 is 32.2 Å². The van der Waals surface area contributed by atoms with Gasteiger partial charge < -0.3 is 14.9 Å². The summed E-state index contributed by atoms with van der Waals surface area (Å²) in [4.78, 5) is 21.2. The number of carbonyl (C=O) groups excluding carboxylic acids is 2. The van der Waals surface area contributed by atoms with Crippen LogP contribution in [0.3, 0.4) is 0 Å². The molecule has 0 saturated carbocycles. The zero-order valence-electron chi connectivity index (χ0n) is 7.62. The summed E-state index contributed by atoms with van der Waals surface area (Å²) in [5.41, 5.74) is -6.31. The van der Waals surface area contributed by atoms with Crippen LogP contribution in [0.1, 0.15) is 0 Å². The van der Waals surface area contributed by atoms with Gasteiger partial charge in [0.1, 0.15) is 0 Å². The summed E-state index contributed by atoms with van der Waals surface area (Å²) in [5.74, 6) is -4.50. The molecule has 0 rings (SSSR count). The van der Waals surface area contributed by atoms with E-state index in [0.29, 0.717) is 0 Å². The molecular weight excluding hydrogens is 288 g/mol. The fraction of sp³-hybridized carbons (Fsp3) is 0.500. The Kier molecular flexibility index (Phi) is 4.70. The molecule has 0 radical (unpaired) electrons. The molecule has 0 saturated heterocycles. The lowest BCUT2D eigenvalue weighted by Gasteiger charge is -2.08. The van der Waals surface area contributed by atoms with Crippen molar-refractivity contribution in [2.45, 2.75) is 10.9 Å². The van der Waals surface area contributed by atoms with Crippen LogP contribution in [-0.4, -0.2) is 59.0 Å². The molecule has 2 atom stereocenters. The summed E-state index contributed by atoms with van der Waals surface area (Å²) in [6.45, 7) is 0. The van der Waals surface area contributed by atoms with E-state index in [0.717, 1.165) is 0 Å². The third kappa shape index (κ3) is 4.72. The molecule has 100 valence electrons. The van der Waals surface area contributed by atoms with Gasteiger partial charge in [-0.05, 0) is 0 Å². The van der Waals surface area contributed by atoms with Crippen LogP contribution < -0.4 is 0 Å². The van der Waals surface area contributed by atoms with Crippen LogP contribution in [0.25, 0.3) is 0 Å². The first kappa shape index (κ1) is 15.9. The van der Waals surface area contributed by atoms with Crippen molar-refractivity contribution in [3.05, 3.63) is 0 Å². The highest BCUT2D eigenvalue weighted by Crippen LogP contribution is 2.02. The fourth-order valence-corrected chi connectivity index (χ4v) is 1.03. The summed E-state index contributed by atoms with van der Waals surface area (Å²) in [6, 6.07) is 0. The van der Waals surface area contributed by atoms with E-state index in [-0.39, 0.29) is 0 Å². The van der Waals surface area contributed by atoms with E-state index in [2.05, 4.69) is 4.74 Å². The smallest absolute Gasteiger partial charge is 0.361 e. The lowest BCUT2D eigenvalue weighted by atomic mass is 10.7. The van der Waals surface area contributed by atoms with E-state index in [1.54, 1.807) is 0 Å². The van der Waals surface area contributed by atoms with Crippen molar-refractivity contribution in [1.82, 2.24) is 0 Å². The standard InChI is InChI=1S/C4H6O11S2/c5-1(3(7)16(9,10)11)15-2(6)4(8)17(12,13)14/h3-4,7-8H,(H,9,10,11)(H,12,13,14). The Morgan fingerprint density at radius 2 is 1.06 bits per heavy atom. The minimum Gasteiger partial charge on any atom is -0.388 e. The number of esters is 2. The van der Waals surface area contributed by atoms with Gasteiger partial charge in [-0.15, -0.1) is 0 Å². The molecule has 11 nitrogen and oxygen atoms in total. The molecule has 0 amide bonds. The molecule has 0 aromatic rings. The Labute approximate surface area is 94.1 Å². The van der Waals surface area contributed by atoms with Crippen LogP contribution >= 0.6 is 0 Å². The van der Waals surface area contributed by atoms with E-state index in [1.807, 2.05) is 0 Å². The molecule has 0 aromatic heterocycles. The lowest BCUT2D eigenvalue weighted by molar-refractivity contribution is -0.166. The van der Waals surface area contributed by atoms with E-state index in [1.165, 1.54) is 0 Å². The van der Waals surface area contributed by atoms with Crippen LogP contribution in [0, 0.1) is 0 Å². The monoisotopic (exact) mass is 294 g/mol. The molecule has 13 heteroatoms. The highest BCUT2D eigenvalue weighted by Gasteiger charge is 2.37. The second-order valence-corrected chi connectivity index (χ2v) is 5.43. The number of rotatable bonds is 4. The highest BCUT2D eigenvalue weighted by atomic mass is 32.2. The van der Waals surface area contributed by atoms with Crippen LogP contribution in [-0.2, 0) is 34.6 Å². The SMILES string of the molecule is O=C(OC(=O)C(O)S(=O)(=O)O)C(O)S(=O)(=O)O. The molecule has 0 heterocycles. The molecule has 0 bridgehead atoms. The van der Waals surface area contributed by atoms with Crippen molar-refractivity contribution in [1.29, 1.82) is 0 Å². The maximum Gasteiger partial charge on any atom is 0.361 e. The molecular formula is C4H6O11S2. The van der Waals surface area contributed by atoms with Crippen molar-refractivity contribution in [2.24, 2.45) is 0 Å². The van der Waals surface area contributed by atoms with Crippen molar-refractivity contribution in [2.75, 3.05) is 0 Å². The topological polar surface area (TPSA) is 193 Å². The molecule has 4 N–H and O–H groups in total. The Morgan fingerprint density at radius 3 is 1.24 bits per heavy atom. The Hall–Kier alpha value is -1.12. The number of hydrogen-bond donors (Lipinski definition) is 4. The second-order valence-electron chi connectivity index (χ2n) is 2.47. The second kappa shape index (κ2) is 5.03. The van der Waals surface area contributed by atoms with Gasteiger partial charge in [0, 0.05) is 0 Å². The minimum absolute atomic E-state index is 2.25. The summed E-state index contributed by atoms with van der Waals surface area (Å²) < 4.78 is 60.4. The molecule has 0 spiro atoms. The third-order valence-electron chi connectivity index (χ3n) is 1.17. The number of carbonyl (C=O) groups is 2. The number of ether oxygens (including phenoxy) is 1. The summed E-state index contributed by atoms with van der Waals surface area (Å²) in [6.07, 6.45) is 0. The minimum atomic E-state index is -5.27. The van der Waals surface area contributed by atoms with Gasteiger partial charge in [0.2, 0.25) is 0 Å². The Balaban J connectivity index is 4.80. The van der Waals surface area contributed by atoms with Gasteiger partial charge in [0.05, 0.1) is 0 Å². The molecule has 0 fully saturated rings. The first-order valence-electron chi connectivity index (χ1n) is 3.41. The zero-order chi connectivity index (χ0) is 14.0. The van der Waals surface area contributed by atoms with Crippen LogP contribution in [0.2, 0.25) is 0 Å². The van der Waals surface area contributed by atoms with E-state index < -0.39 is 43.0 Å². The summed E-state index contributed by atoms with van der Waals surface area (Å²) in [7, 11) is -10.5. The third-order valence-corrected chi connectivity index (χ3v) is 2.68. The van der Waals surface area contributed by atoms with Gasteiger partial charge >= 0.3 is 32.2 Å². The van der Waals surface area contributed by atoms with E-state index in [4.69, 9.17) is 19.3 Å². The number of aliphatic hydroxyl groups excluding tert-OH is 2. The first-order chi connectivity index (χ1) is 7.37.